The van der Waals surface area contributed by atoms with E-state index in [-0.39, 0.29) is 0 Å². The second-order valence-electron chi connectivity index (χ2n) is 4.53. The lowest BCUT2D eigenvalue weighted by atomic mass is 10.0. The van der Waals surface area contributed by atoms with Crippen LogP contribution in [-0.2, 0) is 0 Å². The fraction of sp³-hybridized carbons (Fsp3) is 0.0588. The molecule has 0 aliphatic carbocycles. The van der Waals surface area contributed by atoms with Crippen molar-refractivity contribution in [2.24, 2.45) is 0 Å². The molecule has 0 spiro atoms. The van der Waals surface area contributed by atoms with E-state index in [9.17, 15) is 0 Å². The molecule has 3 aromatic rings. The first kappa shape index (κ1) is 13.6. The third kappa shape index (κ3) is 2.37. The maximum Gasteiger partial charge on any atom is 0.144 e. The summed E-state index contributed by atoms with van der Waals surface area (Å²) in [7, 11) is 1.65. The molecule has 0 fully saturated rings. The summed E-state index contributed by atoms with van der Waals surface area (Å²) in [5.74, 6) is 0.774. The number of aromatic nitrogens is 1. The minimum Gasteiger partial charge on any atom is -0.495 e. The summed E-state index contributed by atoms with van der Waals surface area (Å²) in [5, 5.41) is 9.84. The molecule has 0 aliphatic rings. The van der Waals surface area contributed by atoms with Crippen molar-refractivity contribution in [1.82, 2.24) is 4.98 Å². The Hall–Kier alpha value is -2.38. The number of nitriles is 1. The van der Waals surface area contributed by atoms with Gasteiger partial charge in [-0.25, -0.2) is 0 Å². The summed E-state index contributed by atoms with van der Waals surface area (Å²) < 4.78 is 6.28. The van der Waals surface area contributed by atoms with Crippen LogP contribution in [0.15, 0.2) is 53.1 Å². The molecule has 0 atom stereocenters. The van der Waals surface area contributed by atoms with Crippen LogP contribution in [-0.4, -0.2) is 12.1 Å². The zero-order valence-electron chi connectivity index (χ0n) is 11.3. The van der Waals surface area contributed by atoms with Gasteiger partial charge in [-0.1, -0.05) is 24.3 Å². The van der Waals surface area contributed by atoms with Gasteiger partial charge >= 0.3 is 0 Å². The summed E-state index contributed by atoms with van der Waals surface area (Å²) in [4.78, 5) is 4.52. The maximum absolute atomic E-state index is 8.89. The number of methoxy groups -OCH3 is 1. The van der Waals surface area contributed by atoms with Crippen molar-refractivity contribution in [2.45, 2.75) is 0 Å². The van der Waals surface area contributed by atoms with E-state index in [0.717, 1.165) is 32.3 Å². The molecule has 3 rings (SSSR count). The van der Waals surface area contributed by atoms with E-state index in [4.69, 9.17) is 10.00 Å². The Morgan fingerprint density at radius 3 is 2.57 bits per heavy atom. The molecule has 0 unspecified atom stereocenters. The van der Waals surface area contributed by atoms with E-state index >= 15 is 0 Å². The minimum absolute atomic E-state index is 0.646. The smallest absolute Gasteiger partial charge is 0.144 e. The summed E-state index contributed by atoms with van der Waals surface area (Å²) in [5.41, 5.74) is 3.56. The minimum atomic E-state index is 0.646. The Morgan fingerprint density at radius 1 is 1.14 bits per heavy atom. The molecular formula is C17H11BrN2O. The standard InChI is InChI=1S/C17H11BrN2O/c1-21-17-14-4-2-3-13(16(14)20-10-15(17)18)12-7-5-11(9-19)6-8-12/h2-8,10H,1H3. The Balaban J connectivity index is 2.26. The van der Waals surface area contributed by atoms with Gasteiger partial charge in [-0.2, -0.15) is 5.26 Å². The van der Waals surface area contributed by atoms with E-state index in [2.05, 4.69) is 27.0 Å². The summed E-state index contributed by atoms with van der Waals surface area (Å²) in [6.07, 6.45) is 1.74. The number of benzene rings is 2. The largest absolute Gasteiger partial charge is 0.495 e. The number of rotatable bonds is 2. The molecule has 0 saturated heterocycles. The molecule has 3 nitrogen and oxygen atoms in total. The van der Waals surface area contributed by atoms with Gasteiger partial charge in [-0.3, -0.25) is 4.98 Å². The molecule has 0 aliphatic heterocycles. The summed E-state index contributed by atoms with van der Waals surface area (Å²) in [6, 6.07) is 15.6. The number of para-hydroxylation sites is 1. The van der Waals surface area contributed by atoms with E-state index in [1.54, 1.807) is 13.3 Å². The third-order valence-corrected chi connectivity index (χ3v) is 3.90. The molecule has 0 amide bonds. The lowest BCUT2D eigenvalue weighted by molar-refractivity contribution is 0.417. The topological polar surface area (TPSA) is 45.9 Å². The van der Waals surface area contributed by atoms with Crippen molar-refractivity contribution in [3.05, 3.63) is 58.7 Å². The lowest BCUT2D eigenvalue weighted by Crippen LogP contribution is -1.91. The first-order valence-electron chi connectivity index (χ1n) is 6.36. The molecular weight excluding hydrogens is 328 g/mol. The van der Waals surface area contributed by atoms with Crippen molar-refractivity contribution < 1.29 is 4.74 Å². The normalized spacial score (nSPS) is 10.3. The number of nitrogens with zero attached hydrogens (tertiary/aromatic N) is 2. The highest BCUT2D eigenvalue weighted by molar-refractivity contribution is 9.10. The maximum atomic E-state index is 8.89. The predicted molar refractivity (Wildman–Crippen MR) is 86.1 cm³/mol. The highest BCUT2D eigenvalue weighted by Crippen LogP contribution is 2.36. The van der Waals surface area contributed by atoms with E-state index in [1.165, 1.54) is 0 Å². The zero-order valence-corrected chi connectivity index (χ0v) is 12.9. The molecule has 0 N–H and O–H groups in total. The highest BCUT2D eigenvalue weighted by atomic mass is 79.9. The molecule has 0 bridgehead atoms. The number of hydrogen-bond acceptors (Lipinski definition) is 3. The van der Waals surface area contributed by atoms with Crippen LogP contribution in [0.4, 0.5) is 0 Å². The van der Waals surface area contributed by atoms with Crippen LogP contribution >= 0.6 is 15.9 Å². The first-order valence-corrected chi connectivity index (χ1v) is 7.15. The van der Waals surface area contributed by atoms with Gasteiger partial charge in [-0.15, -0.1) is 0 Å². The van der Waals surface area contributed by atoms with Crippen LogP contribution in [0.25, 0.3) is 22.0 Å². The van der Waals surface area contributed by atoms with Crippen molar-refractivity contribution in [1.29, 1.82) is 5.26 Å². The van der Waals surface area contributed by atoms with Crippen LogP contribution in [0, 0.1) is 11.3 Å². The van der Waals surface area contributed by atoms with E-state index in [0.29, 0.717) is 5.56 Å². The fourth-order valence-electron chi connectivity index (χ4n) is 2.34. The molecule has 2 aromatic carbocycles. The molecule has 21 heavy (non-hydrogen) atoms. The van der Waals surface area contributed by atoms with Crippen LogP contribution in [0.5, 0.6) is 5.75 Å². The number of hydrogen-bond donors (Lipinski definition) is 0. The second-order valence-corrected chi connectivity index (χ2v) is 5.38. The molecule has 0 radical (unpaired) electrons. The van der Waals surface area contributed by atoms with Crippen LogP contribution in [0.2, 0.25) is 0 Å². The lowest BCUT2D eigenvalue weighted by Gasteiger charge is -2.10. The Bertz CT molecular complexity index is 851. The molecule has 1 heterocycles. The van der Waals surface area contributed by atoms with Gasteiger partial charge in [0.25, 0.3) is 0 Å². The predicted octanol–water partition coefficient (Wildman–Crippen LogP) is 4.54. The number of pyridine rings is 1. The average molecular weight is 339 g/mol. The average Bonchev–Trinajstić information content (AvgIpc) is 2.54. The highest BCUT2D eigenvalue weighted by Gasteiger charge is 2.11. The van der Waals surface area contributed by atoms with Crippen molar-refractivity contribution >= 4 is 26.8 Å². The first-order chi connectivity index (χ1) is 10.2. The molecule has 102 valence electrons. The summed E-state index contributed by atoms with van der Waals surface area (Å²) >= 11 is 3.45. The van der Waals surface area contributed by atoms with Crippen molar-refractivity contribution in [2.75, 3.05) is 7.11 Å². The van der Waals surface area contributed by atoms with Crippen LogP contribution in [0.3, 0.4) is 0 Å². The van der Waals surface area contributed by atoms with Crippen LogP contribution in [0.1, 0.15) is 5.56 Å². The quantitative estimate of drug-likeness (QED) is 0.688. The Morgan fingerprint density at radius 2 is 1.90 bits per heavy atom. The number of halogens is 1. The zero-order chi connectivity index (χ0) is 14.8. The van der Waals surface area contributed by atoms with Crippen LogP contribution < -0.4 is 4.74 Å². The molecule has 0 saturated carbocycles. The monoisotopic (exact) mass is 338 g/mol. The molecule has 1 aromatic heterocycles. The SMILES string of the molecule is COc1c(Br)cnc2c(-c3ccc(C#N)cc3)cccc12. The Labute approximate surface area is 130 Å². The summed E-state index contributed by atoms with van der Waals surface area (Å²) in [6.45, 7) is 0. The van der Waals surface area contributed by atoms with Gasteiger partial charge < -0.3 is 4.74 Å². The van der Waals surface area contributed by atoms with Gasteiger partial charge in [-0.05, 0) is 39.7 Å². The van der Waals surface area contributed by atoms with Gasteiger partial charge in [0, 0.05) is 17.1 Å². The second kappa shape index (κ2) is 5.55. The third-order valence-electron chi connectivity index (χ3n) is 3.33. The van der Waals surface area contributed by atoms with Gasteiger partial charge in [0.2, 0.25) is 0 Å². The van der Waals surface area contributed by atoms with E-state index in [1.807, 2.05) is 42.5 Å². The Kier molecular flexibility index (Phi) is 3.59. The van der Waals surface area contributed by atoms with Gasteiger partial charge in [0.15, 0.2) is 0 Å². The van der Waals surface area contributed by atoms with Gasteiger partial charge in [0.1, 0.15) is 5.75 Å². The number of fused-ring (bicyclic) bond motifs is 1. The van der Waals surface area contributed by atoms with Crippen molar-refractivity contribution in [3.63, 3.8) is 0 Å². The van der Waals surface area contributed by atoms with Crippen molar-refractivity contribution in [3.8, 4) is 22.9 Å². The fourth-order valence-corrected chi connectivity index (χ4v) is 2.82. The molecule has 4 heteroatoms. The number of ether oxygens (including phenoxy) is 1. The van der Waals surface area contributed by atoms with E-state index < -0.39 is 0 Å². The van der Waals surface area contributed by atoms with Gasteiger partial charge in [0.05, 0.1) is 28.7 Å².